The van der Waals surface area contributed by atoms with Gasteiger partial charge in [0.25, 0.3) is 0 Å². The average Bonchev–Trinajstić information content (AvgIpc) is 2.25. The Bertz CT molecular complexity index is 342. The van der Waals surface area contributed by atoms with E-state index in [9.17, 15) is 4.39 Å². The van der Waals surface area contributed by atoms with Gasteiger partial charge in [-0.2, -0.15) is 0 Å². The Morgan fingerprint density at radius 2 is 2.12 bits per heavy atom. The van der Waals surface area contributed by atoms with Crippen LogP contribution >= 0.6 is 0 Å². The molecule has 0 aliphatic rings. The summed E-state index contributed by atoms with van der Waals surface area (Å²) < 4.78 is 18.3. The summed E-state index contributed by atoms with van der Waals surface area (Å²) >= 11 is 0. The zero-order chi connectivity index (χ0) is 12.1. The lowest BCUT2D eigenvalue weighted by atomic mass is 9.97. The predicted octanol–water partition coefficient (Wildman–Crippen LogP) is 1.86. The zero-order valence-corrected chi connectivity index (χ0v) is 9.96. The van der Waals surface area contributed by atoms with Crippen molar-refractivity contribution in [2.24, 2.45) is 11.8 Å². The number of hydrazine groups is 1. The molecule has 90 valence electrons. The lowest BCUT2D eigenvalue weighted by Crippen LogP contribution is -2.40. The molecule has 0 amide bonds. The van der Waals surface area contributed by atoms with Gasteiger partial charge < -0.3 is 4.74 Å². The van der Waals surface area contributed by atoms with Crippen LogP contribution in [0.3, 0.4) is 0 Å². The maximum Gasteiger partial charge on any atom is 0.165 e. The van der Waals surface area contributed by atoms with Crippen molar-refractivity contribution < 1.29 is 9.13 Å². The molecule has 1 unspecified atom stereocenters. The Kier molecular flexibility index (Phi) is 4.71. The number of hydrogen-bond acceptors (Lipinski definition) is 3. The van der Waals surface area contributed by atoms with Crippen LogP contribution in [0.15, 0.2) is 18.2 Å². The molecule has 1 atom stereocenters. The van der Waals surface area contributed by atoms with Crippen LogP contribution in [0.5, 0.6) is 5.75 Å². The maximum atomic E-state index is 13.4. The van der Waals surface area contributed by atoms with Crippen molar-refractivity contribution in [3.63, 3.8) is 0 Å². The second-order valence-electron chi connectivity index (χ2n) is 4.19. The number of methoxy groups -OCH3 is 1. The molecule has 3 N–H and O–H groups in total. The van der Waals surface area contributed by atoms with Crippen LogP contribution in [0.4, 0.5) is 4.39 Å². The summed E-state index contributed by atoms with van der Waals surface area (Å²) in [6, 6.07) is 5.13. The molecular weight excluding hydrogens is 207 g/mol. The maximum absolute atomic E-state index is 13.4. The number of hydrogen-bond donors (Lipinski definition) is 2. The van der Waals surface area contributed by atoms with Crippen molar-refractivity contribution in [3.8, 4) is 5.75 Å². The lowest BCUT2D eigenvalue weighted by Gasteiger charge is -2.19. The minimum absolute atomic E-state index is 0.146. The first-order chi connectivity index (χ1) is 7.58. The Morgan fingerprint density at radius 3 is 2.56 bits per heavy atom. The van der Waals surface area contributed by atoms with Gasteiger partial charge in [0, 0.05) is 6.04 Å². The molecule has 1 aromatic carbocycles. The summed E-state index contributed by atoms with van der Waals surface area (Å²) in [6.07, 6.45) is 0.703. The van der Waals surface area contributed by atoms with Gasteiger partial charge in [-0.25, -0.2) is 4.39 Å². The Labute approximate surface area is 95.8 Å². The van der Waals surface area contributed by atoms with Gasteiger partial charge in [-0.1, -0.05) is 19.9 Å². The molecule has 4 heteroatoms. The molecule has 3 nitrogen and oxygen atoms in total. The van der Waals surface area contributed by atoms with Gasteiger partial charge in [-0.3, -0.25) is 11.3 Å². The first-order valence-electron chi connectivity index (χ1n) is 5.37. The zero-order valence-electron chi connectivity index (χ0n) is 9.96. The molecule has 0 spiro atoms. The highest BCUT2D eigenvalue weighted by molar-refractivity contribution is 5.29. The fraction of sp³-hybridized carbons (Fsp3) is 0.500. The minimum Gasteiger partial charge on any atom is -0.494 e. The molecule has 0 saturated carbocycles. The van der Waals surface area contributed by atoms with Gasteiger partial charge in [0.05, 0.1) is 7.11 Å². The minimum atomic E-state index is -0.334. The van der Waals surface area contributed by atoms with Crippen molar-refractivity contribution in [3.05, 3.63) is 29.6 Å². The Balaban J connectivity index is 2.78. The molecule has 0 heterocycles. The third-order valence-electron chi connectivity index (χ3n) is 2.69. The fourth-order valence-corrected chi connectivity index (χ4v) is 1.58. The molecule has 0 radical (unpaired) electrons. The molecule has 1 aromatic rings. The first kappa shape index (κ1) is 12.9. The molecule has 0 fully saturated rings. The van der Waals surface area contributed by atoms with Crippen molar-refractivity contribution >= 4 is 0 Å². The topological polar surface area (TPSA) is 47.3 Å². The van der Waals surface area contributed by atoms with Gasteiger partial charge in [-0.05, 0) is 30.0 Å². The molecule has 0 bridgehead atoms. The summed E-state index contributed by atoms with van der Waals surface area (Å²) in [4.78, 5) is 0. The summed E-state index contributed by atoms with van der Waals surface area (Å²) in [5.74, 6) is 5.78. The van der Waals surface area contributed by atoms with E-state index in [1.54, 1.807) is 6.07 Å². The molecule has 0 saturated heterocycles. The van der Waals surface area contributed by atoms with Crippen LogP contribution in [0, 0.1) is 11.7 Å². The number of ether oxygens (including phenoxy) is 1. The van der Waals surface area contributed by atoms with Gasteiger partial charge in [-0.15, -0.1) is 0 Å². The van der Waals surface area contributed by atoms with Crippen molar-refractivity contribution in [2.75, 3.05) is 7.11 Å². The monoisotopic (exact) mass is 226 g/mol. The highest BCUT2D eigenvalue weighted by Crippen LogP contribution is 2.19. The molecule has 0 aliphatic carbocycles. The first-order valence-corrected chi connectivity index (χ1v) is 5.37. The highest BCUT2D eigenvalue weighted by atomic mass is 19.1. The molecule has 16 heavy (non-hydrogen) atoms. The number of nitrogens with two attached hydrogens (primary N) is 1. The number of nitrogens with one attached hydrogen (secondary N) is 1. The quantitative estimate of drug-likeness (QED) is 0.595. The van der Waals surface area contributed by atoms with E-state index in [2.05, 4.69) is 19.3 Å². The number of benzene rings is 1. The highest BCUT2D eigenvalue weighted by Gasteiger charge is 2.13. The smallest absolute Gasteiger partial charge is 0.165 e. The van der Waals surface area contributed by atoms with Crippen LogP contribution in [0.2, 0.25) is 0 Å². The predicted molar refractivity (Wildman–Crippen MR) is 62.6 cm³/mol. The summed E-state index contributed by atoms with van der Waals surface area (Å²) in [5.41, 5.74) is 3.66. The lowest BCUT2D eigenvalue weighted by molar-refractivity contribution is 0.383. The van der Waals surface area contributed by atoms with E-state index in [0.29, 0.717) is 12.3 Å². The van der Waals surface area contributed by atoms with Crippen LogP contribution in [-0.4, -0.2) is 13.2 Å². The standard InChI is InChI=1S/C12H19FN2O/c1-8(2)11(15-14)7-9-4-5-12(16-3)10(13)6-9/h4-6,8,11,15H,7,14H2,1-3H3. The van der Waals surface area contributed by atoms with Gasteiger partial charge in [0.15, 0.2) is 11.6 Å². The summed E-state index contributed by atoms with van der Waals surface area (Å²) in [6.45, 7) is 4.15. The second-order valence-corrected chi connectivity index (χ2v) is 4.19. The molecular formula is C12H19FN2O. The summed E-state index contributed by atoms with van der Waals surface area (Å²) in [5, 5.41) is 0. The van der Waals surface area contributed by atoms with Crippen molar-refractivity contribution in [1.29, 1.82) is 0 Å². The van der Waals surface area contributed by atoms with E-state index in [-0.39, 0.29) is 17.6 Å². The van der Waals surface area contributed by atoms with E-state index in [4.69, 9.17) is 10.6 Å². The van der Waals surface area contributed by atoms with E-state index in [0.717, 1.165) is 5.56 Å². The van der Waals surface area contributed by atoms with Crippen LogP contribution in [-0.2, 0) is 6.42 Å². The van der Waals surface area contributed by atoms with E-state index in [1.165, 1.54) is 13.2 Å². The SMILES string of the molecule is COc1ccc(CC(NN)C(C)C)cc1F. The average molecular weight is 226 g/mol. The third-order valence-corrected chi connectivity index (χ3v) is 2.69. The van der Waals surface area contributed by atoms with E-state index < -0.39 is 0 Å². The van der Waals surface area contributed by atoms with Gasteiger partial charge >= 0.3 is 0 Å². The molecule has 1 rings (SSSR count). The van der Waals surface area contributed by atoms with Crippen molar-refractivity contribution in [1.82, 2.24) is 5.43 Å². The van der Waals surface area contributed by atoms with Crippen LogP contribution in [0.1, 0.15) is 19.4 Å². The van der Waals surface area contributed by atoms with Crippen LogP contribution in [0.25, 0.3) is 0 Å². The van der Waals surface area contributed by atoms with E-state index >= 15 is 0 Å². The third kappa shape index (κ3) is 3.18. The normalized spacial score (nSPS) is 12.9. The van der Waals surface area contributed by atoms with Crippen LogP contribution < -0.4 is 16.0 Å². The number of halogens is 1. The Hall–Kier alpha value is -1.13. The molecule has 0 aromatic heterocycles. The molecule has 0 aliphatic heterocycles. The second kappa shape index (κ2) is 5.82. The van der Waals surface area contributed by atoms with Gasteiger partial charge in [0.2, 0.25) is 0 Å². The largest absolute Gasteiger partial charge is 0.494 e. The van der Waals surface area contributed by atoms with Gasteiger partial charge in [0.1, 0.15) is 0 Å². The van der Waals surface area contributed by atoms with E-state index in [1.807, 2.05) is 6.07 Å². The summed E-state index contributed by atoms with van der Waals surface area (Å²) in [7, 11) is 1.45. The number of rotatable bonds is 5. The Morgan fingerprint density at radius 1 is 1.44 bits per heavy atom. The fourth-order valence-electron chi connectivity index (χ4n) is 1.58. The van der Waals surface area contributed by atoms with Crippen molar-refractivity contribution in [2.45, 2.75) is 26.3 Å².